The normalized spacial score (nSPS) is 25.0. The van der Waals surface area contributed by atoms with Crippen molar-refractivity contribution in [3.05, 3.63) is 23.9 Å². The Bertz CT molecular complexity index is 711. The van der Waals surface area contributed by atoms with E-state index < -0.39 is 0 Å². The summed E-state index contributed by atoms with van der Waals surface area (Å²) in [7, 11) is 0. The van der Waals surface area contributed by atoms with Gasteiger partial charge in [-0.1, -0.05) is 6.07 Å². The summed E-state index contributed by atoms with van der Waals surface area (Å²) in [4.78, 5) is 33.2. The molecule has 0 radical (unpaired) electrons. The molecule has 3 aliphatic heterocycles. The van der Waals surface area contributed by atoms with Crippen molar-refractivity contribution in [1.29, 1.82) is 0 Å². The summed E-state index contributed by atoms with van der Waals surface area (Å²) >= 11 is 0. The third kappa shape index (κ3) is 3.77. The van der Waals surface area contributed by atoms with E-state index in [1.165, 1.54) is 0 Å². The Morgan fingerprint density at radius 2 is 1.96 bits per heavy atom. The van der Waals surface area contributed by atoms with Gasteiger partial charge in [0.15, 0.2) is 0 Å². The van der Waals surface area contributed by atoms with Crippen molar-refractivity contribution in [1.82, 2.24) is 14.8 Å². The molecule has 3 fully saturated rings. The fraction of sp³-hybridized carbons (Fsp3) is 0.632. The third-order valence-electron chi connectivity index (χ3n) is 5.79. The van der Waals surface area contributed by atoms with Crippen LogP contribution in [0.15, 0.2) is 18.2 Å². The topological polar surface area (TPSA) is 98.0 Å². The van der Waals surface area contributed by atoms with Crippen LogP contribution in [0.5, 0.6) is 0 Å². The average molecular weight is 374 g/mol. The lowest BCUT2D eigenvalue weighted by Crippen LogP contribution is -2.59. The molecule has 1 atom stereocenters. The molecule has 1 unspecified atom stereocenters. The number of aromatic nitrogens is 1. The molecule has 8 nitrogen and oxygen atoms in total. The zero-order valence-corrected chi connectivity index (χ0v) is 15.4. The van der Waals surface area contributed by atoms with E-state index in [1.807, 2.05) is 4.90 Å². The molecule has 3 saturated heterocycles. The molecule has 4 rings (SSSR count). The average Bonchev–Trinajstić information content (AvgIpc) is 3.22. The van der Waals surface area contributed by atoms with Crippen LogP contribution in [0, 0.1) is 5.92 Å². The Morgan fingerprint density at radius 3 is 2.67 bits per heavy atom. The molecule has 2 amide bonds. The minimum atomic E-state index is -0.378. The van der Waals surface area contributed by atoms with E-state index in [2.05, 4.69) is 4.98 Å². The molecule has 1 aromatic rings. The first-order valence-electron chi connectivity index (χ1n) is 9.59. The van der Waals surface area contributed by atoms with Crippen molar-refractivity contribution in [2.45, 2.75) is 24.9 Å². The van der Waals surface area contributed by atoms with E-state index in [0.717, 1.165) is 19.3 Å². The quantitative estimate of drug-likeness (QED) is 0.811. The number of carbonyl (C=O) groups excluding carboxylic acids is 2. The summed E-state index contributed by atoms with van der Waals surface area (Å²) in [6.07, 6.45) is 2.29. The van der Waals surface area contributed by atoms with Crippen LogP contribution in [0.1, 0.15) is 29.8 Å². The number of ether oxygens (including phenoxy) is 2. The highest BCUT2D eigenvalue weighted by Gasteiger charge is 2.43. The number of nitrogen functional groups attached to an aromatic ring is 1. The molecule has 27 heavy (non-hydrogen) atoms. The van der Waals surface area contributed by atoms with E-state index >= 15 is 0 Å². The van der Waals surface area contributed by atoms with Crippen LogP contribution in [-0.2, 0) is 14.3 Å². The van der Waals surface area contributed by atoms with E-state index in [4.69, 9.17) is 15.2 Å². The second-order valence-electron chi connectivity index (χ2n) is 7.59. The fourth-order valence-corrected chi connectivity index (χ4v) is 4.18. The molecule has 3 aliphatic rings. The number of pyridine rings is 1. The number of hydrogen-bond acceptors (Lipinski definition) is 6. The van der Waals surface area contributed by atoms with Gasteiger partial charge in [0.05, 0.1) is 31.3 Å². The van der Waals surface area contributed by atoms with Crippen LogP contribution in [0.3, 0.4) is 0 Å². The van der Waals surface area contributed by atoms with Crippen molar-refractivity contribution in [2.24, 2.45) is 5.92 Å². The number of carbonyl (C=O) groups is 2. The summed E-state index contributed by atoms with van der Waals surface area (Å²) in [5.41, 5.74) is 5.69. The first-order valence-corrected chi connectivity index (χ1v) is 9.59. The number of anilines is 1. The second-order valence-corrected chi connectivity index (χ2v) is 7.59. The van der Waals surface area contributed by atoms with Crippen molar-refractivity contribution in [2.75, 3.05) is 51.7 Å². The van der Waals surface area contributed by atoms with Gasteiger partial charge >= 0.3 is 0 Å². The first-order chi connectivity index (χ1) is 13.1. The molecule has 0 bridgehead atoms. The smallest absolute Gasteiger partial charge is 0.272 e. The Morgan fingerprint density at radius 1 is 1.15 bits per heavy atom. The number of likely N-dealkylation sites (tertiary alicyclic amines) is 1. The molecule has 0 saturated carbocycles. The summed E-state index contributed by atoms with van der Waals surface area (Å²) in [5, 5.41) is 0. The molecule has 8 heteroatoms. The van der Waals surface area contributed by atoms with Gasteiger partial charge in [0.25, 0.3) is 5.91 Å². The third-order valence-corrected chi connectivity index (χ3v) is 5.79. The predicted octanol–water partition coefficient (Wildman–Crippen LogP) is 0.534. The minimum Gasteiger partial charge on any atom is -0.384 e. The van der Waals surface area contributed by atoms with Gasteiger partial charge in [0.1, 0.15) is 11.5 Å². The summed E-state index contributed by atoms with van der Waals surface area (Å²) in [5.74, 6) is 0.409. The highest BCUT2D eigenvalue weighted by atomic mass is 16.5. The largest absolute Gasteiger partial charge is 0.384 e. The van der Waals surface area contributed by atoms with Gasteiger partial charge in [-0.25, -0.2) is 4.98 Å². The predicted molar refractivity (Wildman–Crippen MR) is 98.0 cm³/mol. The SMILES string of the molecule is Nc1cccc(C(=O)N2CCOC3(CCN(C(=O)C4CCOC4)CC3)C2)n1. The first kappa shape index (κ1) is 18.2. The molecular weight excluding hydrogens is 348 g/mol. The Balaban J connectivity index is 1.38. The van der Waals surface area contributed by atoms with Crippen molar-refractivity contribution >= 4 is 17.6 Å². The highest BCUT2D eigenvalue weighted by molar-refractivity contribution is 5.92. The van der Waals surface area contributed by atoms with Gasteiger partial charge in [0.2, 0.25) is 5.91 Å². The minimum absolute atomic E-state index is 0.000913. The van der Waals surface area contributed by atoms with Gasteiger partial charge in [-0.05, 0) is 31.4 Å². The molecule has 2 N–H and O–H groups in total. The maximum atomic E-state index is 12.8. The number of rotatable bonds is 2. The maximum Gasteiger partial charge on any atom is 0.272 e. The van der Waals surface area contributed by atoms with Gasteiger partial charge in [0, 0.05) is 26.2 Å². The molecule has 146 valence electrons. The van der Waals surface area contributed by atoms with Crippen LogP contribution in [-0.4, -0.2) is 78.2 Å². The van der Waals surface area contributed by atoms with Gasteiger partial charge in [-0.3, -0.25) is 9.59 Å². The zero-order chi connectivity index (χ0) is 18.9. The lowest BCUT2D eigenvalue weighted by molar-refractivity contribution is -0.150. The van der Waals surface area contributed by atoms with E-state index in [9.17, 15) is 9.59 Å². The Kier molecular flexibility index (Phi) is 5.01. The summed E-state index contributed by atoms with van der Waals surface area (Å²) in [6, 6.07) is 5.09. The zero-order valence-electron chi connectivity index (χ0n) is 15.4. The van der Waals surface area contributed by atoms with Crippen molar-refractivity contribution in [3.8, 4) is 0 Å². The number of morpholine rings is 1. The lowest BCUT2D eigenvalue weighted by Gasteiger charge is -2.47. The molecule has 0 aliphatic carbocycles. The standard InChI is InChI=1S/C19H26N4O4/c20-16-3-1-2-15(21-16)18(25)23-9-11-27-19(13-23)5-7-22(8-6-19)17(24)14-4-10-26-12-14/h1-3,14H,4-13H2,(H2,20,21). The summed E-state index contributed by atoms with van der Waals surface area (Å²) < 4.78 is 11.4. The second kappa shape index (κ2) is 7.44. The fourth-order valence-electron chi connectivity index (χ4n) is 4.18. The molecule has 4 heterocycles. The number of nitrogens with two attached hydrogens (primary N) is 1. The van der Waals surface area contributed by atoms with Crippen LogP contribution in [0.2, 0.25) is 0 Å². The Labute approximate surface area is 158 Å². The van der Waals surface area contributed by atoms with Crippen LogP contribution < -0.4 is 5.73 Å². The Hall–Kier alpha value is -2.19. The van der Waals surface area contributed by atoms with Gasteiger partial charge in [-0.2, -0.15) is 0 Å². The van der Waals surface area contributed by atoms with E-state index in [1.54, 1.807) is 23.1 Å². The molecule has 1 aromatic heterocycles. The number of hydrogen-bond donors (Lipinski definition) is 1. The lowest BCUT2D eigenvalue weighted by atomic mass is 9.88. The van der Waals surface area contributed by atoms with Crippen LogP contribution in [0.25, 0.3) is 0 Å². The molecular formula is C19H26N4O4. The van der Waals surface area contributed by atoms with Crippen molar-refractivity contribution in [3.63, 3.8) is 0 Å². The van der Waals surface area contributed by atoms with Gasteiger partial charge < -0.3 is 25.0 Å². The van der Waals surface area contributed by atoms with Crippen LogP contribution >= 0.6 is 0 Å². The van der Waals surface area contributed by atoms with E-state index in [0.29, 0.717) is 57.5 Å². The molecule has 1 spiro atoms. The summed E-state index contributed by atoms with van der Waals surface area (Å²) in [6.45, 7) is 4.09. The van der Waals surface area contributed by atoms with Crippen molar-refractivity contribution < 1.29 is 19.1 Å². The monoisotopic (exact) mass is 374 g/mol. The number of nitrogens with zero attached hydrogens (tertiary/aromatic N) is 3. The molecule has 0 aromatic carbocycles. The number of piperidine rings is 1. The maximum absolute atomic E-state index is 12.8. The van der Waals surface area contributed by atoms with Crippen LogP contribution in [0.4, 0.5) is 5.82 Å². The van der Waals surface area contributed by atoms with E-state index in [-0.39, 0.29) is 23.3 Å². The van der Waals surface area contributed by atoms with Gasteiger partial charge in [-0.15, -0.1) is 0 Å². The number of amides is 2. The highest BCUT2D eigenvalue weighted by Crippen LogP contribution is 2.31.